The molecule has 0 N–H and O–H groups in total. The minimum Gasteiger partial charge on any atom is -0.490 e. The Hall–Kier alpha value is -0.690. The zero-order chi connectivity index (χ0) is 14.4. The van der Waals surface area contributed by atoms with Crippen molar-refractivity contribution in [3.05, 3.63) is 29.8 Å². The lowest BCUT2D eigenvalue weighted by Gasteiger charge is -2.51. The summed E-state index contributed by atoms with van der Waals surface area (Å²) in [7, 11) is 0. The fourth-order valence-corrected chi connectivity index (χ4v) is 4.25. The molecule has 0 saturated heterocycles. The van der Waals surface area contributed by atoms with Crippen LogP contribution in [-0.2, 0) is 5.41 Å². The summed E-state index contributed by atoms with van der Waals surface area (Å²) in [6.45, 7) is 6.71. The Morgan fingerprint density at radius 1 is 1.10 bits per heavy atom. The predicted octanol–water partition coefficient (Wildman–Crippen LogP) is 5.30. The summed E-state index contributed by atoms with van der Waals surface area (Å²) >= 11 is 6.48. The van der Waals surface area contributed by atoms with E-state index >= 15 is 0 Å². The van der Waals surface area contributed by atoms with E-state index in [1.54, 1.807) is 0 Å². The molecule has 1 nitrogen and oxygen atoms in total. The topological polar surface area (TPSA) is 9.23 Å². The van der Waals surface area contributed by atoms with Crippen molar-refractivity contribution in [3.63, 3.8) is 0 Å². The van der Waals surface area contributed by atoms with Gasteiger partial charge in [-0.25, -0.2) is 0 Å². The van der Waals surface area contributed by atoms with E-state index in [2.05, 4.69) is 45.0 Å². The third-order valence-corrected chi connectivity index (χ3v) is 5.83. The van der Waals surface area contributed by atoms with Gasteiger partial charge in [0, 0.05) is 17.2 Å². The van der Waals surface area contributed by atoms with Gasteiger partial charge in [-0.3, -0.25) is 0 Å². The SMILES string of the molecule is CC(C)(C)c1ccc(OC2CC(Cl)C23CCCC3)cc1. The number of benzene rings is 1. The van der Waals surface area contributed by atoms with Crippen LogP contribution < -0.4 is 4.74 Å². The highest BCUT2D eigenvalue weighted by Gasteiger charge is 2.56. The fourth-order valence-electron chi connectivity index (χ4n) is 3.73. The summed E-state index contributed by atoms with van der Waals surface area (Å²) in [5.74, 6) is 0.998. The van der Waals surface area contributed by atoms with E-state index in [4.69, 9.17) is 16.3 Å². The van der Waals surface area contributed by atoms with Crippen molar-refractivity contribution >= 4 is 11.6 Å². The van der Waals surface area contributed by atoms with Gasteiger partial charge in [0.25, 0.3) is 0 Å². The second-order valence-electron chi connectivity index (χ2n) is 7.52. The molecular formula is C18H25ClO. The number of hydrogen-bond donors (Lipinski definition) is 0. The minimum atomic E-state index is 0.197. The lowest BCUT2D eigenvalue weighted by molar-refractivity contribution is -0.0355. The number of rotatable bonds is 2. The minimum absolute atomic E-state index is 0.197. The van der Waals surface area contributed by atoms with Gasteiger partial charge >= 0.3 is 0 Å². The van der Waals surface area contributed by atoms with Crippen molar-refractivity contribution in [2.75, 3.05) is 0 Å². The van der Waals surface area contributed by atoms with Crippen LogP contribution in [0.3, 0.4) is 0 Å². The highest BCUT2D eigenvalue weighted by Crippen LogP contribution is 2.57. The van der Waals surface area contributed by atoms with Gasteiger partial charge in [-0.05, 0) is 36.0 Å². The molecule has 1 spiro atoms. The van der Waals surface area contributed by atoms with Gasteiger partial charge in [0.1, 0.15) is 11.9 Å². The summed E-state index contributed by atoms with van der Waals surface area (Å²) in [5, 5.41) is 0.323. The molecule has 0 radical (unpaired) electrons. The molecule has 2 fully saturated rings. The zero-order valence-corrected chi connectivity index (χ0v) is 13.5. The molecule has 2 aliphatic rings. The Morgan fingerprint density at radius 3 is 2.20 bits per heavy atom. The van der Waals surface area contributed by atoms with Gasteiger partial charge in [-0.1, -0.05) is 45.7 Å². The molecule has 0 amide bonds. The molecule has 2 saturated carbocycles. The first-order valence-corrected chi connectivity index (χ1v) is 8.27. The maximum atomic E-state index is 6.48. The van der Waals surface area contributed by atoms with Crippen molar-refractivity contribution in [1.29, 1.82) is 0 Å². The van der Waals surface area contributed by atoms with Crippen LogP contribution in [0.2, 0.25) is 0 Å². The molecule has 0 aliphatic heterocycles. The van der Waals surface area contributed by atoms with Crippen LogP contribution in [0.4, 0.5) is 0 Å². The van der Waals surface area contributed by atoms with E-state index in [0.29, 0.717) is 11.5 Å². The first-order valence-electron chi connectivity index (χ1n) is 7.83. The van der Waals surface area contributed by atoms with Crippen molar-refractivity contribution in [1.82, 2.24) is 0 Å². The molecule has 2 aliphatic carbocycles. The second kappa shape index (κ2) is 4.94. The number of alkyl halides is 1. The van der Waals surface area contributed by atoms with Crippen LogP contribution in [0, 0.1) is 5.41 Å². The van der Waals surface area contributed by atoms with Crippen molar-refractivity contribution in [2.24, 2.45) is 5.41 Å². The van der Waals surface area contributed by atoms with Crippen LogP contribution in [0.15, 0.2) is 24.3 Å². The Balaban J connectivity index is 1.70. The smallest absolute Gasteiger partial charge is 0.119 e. The number of ether oxygens (including phenoxy) is 1. The normalized spacial score (nSPS) is 28.4. The molecule has 20 heavy (non-hydrogen) atoms. The second-order valence-corrected chi connectivity index (χ2v) is 8.05. The summed E-state index contributed by atoms with van der Waals surface area (Å²) in [6.07, 6.45) is 6.44. The fraction of sp³-hybridized carbons (Fsp3) is 0.667. The largest absolute Gasteiger partial charge is 0.490 e. The molecule has 1 aromatic carbocycles. The van der Waals surface area contributed by atoms with E-state index in [1.165, 1.54) is 31.2 Å². The van der Waals surface area contributed by atoms with E-state index < -0.39 is 0 Å². The van der Waals surface area contributed by atoms with Crippen LogP contribution in [-0.4, -0.2) is 11.5 Å². The molecule has 2 heteroatoms. The molecule has 1 aromatic rings. The average molecular weight is 293 g/mol. The summed E-state index contributed by atoms with van der Waals surface area (Å²) < 4.78 is 6.24. The molecule has 2 atom stereocenters. The summed E-state index contributed by atoms with van der Waals surface area (Å²) in [5.41, 5.74) is 1.82. The van der Waals surface area contributed by atoms with Crippen molar-refractivity contribution < 1.29 is 4.74 Å². The Kier molecular flexibility index (Phi) is 3.52. The van der Waals surface area contributed by atoms with Crippen molar-refractivity contribution in [2.45, 2.75) is 69.8 Å². The average Bonchev–Trinajstić information content (AvgIpc) is 2.90. The quantitative estimate of drug-likeness (QED) is 0.672. The number of halogens is 1. The van der Waals surface area contributed by atoms with Crippen LogP contribution in [0.1, 0.15) is 58.4 Å². The monoisotopic (exact) mass is 292 g/mol. The van der Waals surface area contributed by atoms with E-state index in [0.717, 1.165) is 12.2 Å². The zero-order valence-electron chi connectivity index (χ0n) is 12.8. The predicted molar refractivity (Wildman–Crippen MR) is 84.7 cm³/mol. The van der Waals surface area contributed by atoms with Gasteiger partial charge < -0.3 is 4.74 Å². The van der Waals surface area contributed by atoms with Gasteiger partial charge in [0.15, 0.2) is 0 Å². The Labute approximate surface area is 127 Å². The van der Waals surface area contributed by atoms with Crippen LogP contribution in [0.5, 0.6) is 5.75 Å². The first-order chi connectivity index (χ1) is 9.42. The molecule has 2 unspecified atom stereocenters. The third kappa shape index (κ3) is 2.35. The third-order valence-electron chi connectivity index (χ3n) is 5.22. The molecule has 0 bridgehead atoms. The maximum absolute atomic E-state index is 6.48. The Bertz CT molecular complexity index is 465. The maximum Gasteiger partial charge on any atom is 0.119 e. The van der Waals surface area contributed by atoms with Gasteiger partial charge in [-0.2, -0.15) is 0 Å². The van der Waals surface area contributed by atoms with Crippen molar-refractivity contribution in [3.8, 4) is 5.75 Å². The lowest BCUT2D eigenvalue weighted by atomic mass is 9.64. The molecule has 110 valence electrons. The summed E-state index contributed by atoms with van der Waals surface area (Å²) in [6, 6.07) is 8.61. The van der Waals surface area contributed by atoms with E-state index in [-0.39, 0.29) is 10.8 Å². The highest BCUT2D eigenvalue weighted by atomic mass is 35.5. The molecular weight excluding hydrogens is 268 g/mol. The highest BCUT2D eigenvalue weighted by molar-refractivity contribution is 6.21. The Morgan fingerprint density at radius 2 is 1.70 bits per heavy atom. The van der Waals surface area contributed by atoms with Crippen LogP contribution >= 0.6 is 11.6 Å². The standard InChI is InChI=1S/C18H25ClO/c1-17(2,3)13-6-8-14(9-7-13)20-16-12-15(19)18(16)10-4-5-11-18/h6-9,15-16H,4-5,10-12H2,1-3H3. The molecule has 0 aromatic heterocycles. The van der Waals surface area contributed by atoms with Gasteiger partial charge in [0.05, 0.1) is 0 Å². The van der Waals surface area contributed by atoms with E-state index in [1.807, 2.05) is 0 Å². The van der Waals surface area contributed by atoms with Crippen LogP contribution in [0.25, 0.3) is 0 Å². The van der Waals surface area contributed by atoms with E-state index in [9.17, 15) is 0 Å². The molecule has 3 rings (SSSR count). The first kappa shape index (κ1) is 14.3. The lowest BCUT2D eigenvalue weighted by Crippen LogP contribution is -2.55. The van der Waals surface area contributed by atoms with Gasteiger partial charge in [-0.15, -0.1) is 11.6 Å². The summed E-state index contributed by atoms with van der Waals surface area (Å²) in [4.78, 5) is 0. The number of hydrogen-bond acceptors (Lipinski definition) is 1. The van der Waals surface area contributed by atoms with Gasteiger partial charge in [0.2, 0.25) is 0 Å². The molecule has 0 heterocycles.